The molecule has 1 saturated heterocycles. The summed E-state index contributed by atoms with van der Waals surface area (Å²) in [5.74, 6) is 0. The zero-order valence-electron chi connectivity index (χ0n) is 11.8. The van der Waals surface area contributed by atoms with E-state index in [2.05, 4.69) is 0 Å². The second-order valence-corrected chi connectivity index (χ2v) is 8.05. The summed E-state index contributed by atoms with van der Waals surface area (Å²) in [4.78, 5) is 0. The van der Waals surface area contributed by atoms with E-state index in [4.69, 9.17) is 5.11 Å². The standard InChI is InChI=1S/C13H26N2O3S/c1-14(9-4-12-16)19(17,18)15-10-7-13(8-11-15)5-2-3-6-13/h16H,2-12H2,1H3. The molecule has 0 aromatic rings. The largest absolute Gasteiger partial charge is 0.396 e. The summed E-state index contributed by atoms with van der Waals surface area (Å²) in [5.41, 5.74) is 0.440. The summed E-state index contributed by atoms with van der Waals surface area (Å²) < 4.78 is 27.7. The van der Waals surface area contributed by atoms with Crippen molar-refractivity contribution in [2.24, 2.45) is 5.41 Å². The van der Waals surface area contributed by atoms with Crippen LogP contribution in [-0.2, 0) is 10.2 Å². The van der Waals surface area contributed by atoms with E-state index < -0.39 is 10.2 Å². The highest BCUT2D eigenvalue weighted by molar-refractivity contribution is 7.86. The number of rotatable bonds is 5. The third-order valence-corrected chi connectivity index (χ3v) is 6.79. The van der Waals surface area contributed by atoms with E-state index in [0.29, 0.717) is 31.5 Å². The Bertz CT molecular complexity index is 381. The SMILES string of the molecule is CN(CCCO)S(=O)(=O)N1CCC2(CCCC2)CC1. The quantitative estimate of drug-likeness (QED) is 0.827. The van der Waals surface area contributed by atoms with Crippen LogP contribution in [-0.4, -0.2) is 55.4 Å². The van der Waals surface area contributed by atoms with E-state index in [1.807, 2.05) is 0 Å². The monoisotopic (exact) mass is 290 g/mol. The second kappa shape index (κ2) is 6.08. The number of hydrogen-bond acceptors (Lipinski definition) is 3. The molecule has 1 aliphatic carbocycles. The van der Waals surface area contributed by atoms with Crippen molar-refractivity contribution in [1.29, 1.82) is 0 Å². The molecule has 2 rings (SSSR count). The van der Waals surface area contributed by atoms with Gasteiger partial charge < -0.3 is 5.11 Å². The van der Waals surface area contributed by atoms with Crippen LogP contribution in [0.3, 0.4) is 0 Å². The van der Waals surface area contributed by atoms with Crippen molar-refractivity contribution in [2.75, 3.05) is 33.3 Å². The number of hydrogen-bond donors (Lipinski definition) is 1. The third-order valence-electron chi connectivity index (χ3n) is 4.80. The van der Waals surface area contributed by atoms with Gasteiger partial charge in [-0.3, -0.25) is 0 Å². The lowest BCUT2D eigenvalue weighted by molar-refractivity contribution is 0.155. The highest BCUT2D eigenvalue weighted by atomic mass is 32.2. The van der Waals surface area contributed by atoms with Crippen LogP contribution in [0.4, 0.5) is 0 Å². The Kier molecular flexibility index (Phi) is 4.87. The molecule has 2 aliphatic rings. The van der Waals surface area contributed by atoms with Gasteiger partial charge in [0.25, 0.3) is 10.2 Å². The third kappa shape index (κ3) is 3.29. The predicted molar refractivity (Wildman–Crippen MR) is 75.0 cm³/mol. The lowest BCUT2D eigenvalue weighted by Gasteiger charge is -2.39. The normalized spacial score (nSPS) is 24.4. The van der Waals surface area contributed by atoms with E-state index in [1.165, 1.54) is 30.0 Å². The lowest BCUT2D eigenvalue weighted by Crippen LogP contribution is -2.48. The summed E-state index contributed by atoms with van der Waals surface area (Å²) in [6.07, 6.45) is 7.70. The molecule has 0 aromatic heterocycles. The Hall–Kier alpha value is -0.170. The number of aliphatic hydroxyl groups excluding tert-OH is 1. The fourth-order valence-corrected chi connectivity index (χ4v) is 4.82. The Morgan fingerprint density at radius 3 is 2.26 bits per heavy atom. The van der Waals surface area contributed by atoms with Crippen molar-refractivity contribution in [3.8, 4) is 0 Å². The first-order valence-corrected chi connectivity index (χ1v) is 8.72. The van der Waals surface area contributed by atoms with Gasteiger partial charge in [0, 0.05) is 33.3 Å². The van der Waals surface area contributed by atoms with Gasteiger partial charge in [0.1, 0.15) is 0 Å². The molecule has 1 heterocycles. The van der Waals surface area contributed by atoms with Crippen LogP contribution in [0, 0.1) is 5.41 Å². The van der Waals surface area contributed by atoms with Gasteiger partial charge in [0.05, 0.1) is 0 Å². The van der Waals surface area contributed by atoms with Gasteiger partial charge in [-0.2, -0.15) is 17.0 Å². The van der Waals surface area contributed by atoms with Gasteiger partial charge in [-0.15, -0.1) is 0 Å². The molecule has 1 spiro atoms. The van der Waals surface area contributed by atoms with Gasteiger partial charge in [-0.05, 0) is 37.5 Å². The number of piperidine rings is 1. The van der Waals surface area contributed by atoms with Crippen LogP contribution in [0.25, 0.3) is 0 Å². The van der Waals surface area contributed by atoms with Gasteiger partial charge in [0.15, 0.2) is 0 Å². The highest BCUT2D eigenvalue weighted by Crippen LogP contribution is 2.46. The Morgan fingerprint density at radius 2 is 1.74 bits per heavy atom. The average molecular weight is 290 g/mol. The summed E-state index contributed by atoms with van der Waals surface area (Å²) in [6, 6.07) is 0. The van der Waals surface area contributed by atoms with E-state index in [9.17, 15) is 8.42 Å². The number of nitrogens with zero attached hydrogens (tertiary/aromatic N) is 2. The van der Waals surface area contributed by atoms with Gasteiger partial charge in [-0.1, -0.05) is 12.8 Å². The molecule has 0 aromatic carbocycles. The first-order chi connectivity index (χ1) is 9.00. The summed E-state index contributed by atoms with van der Waals surface area (Å²) in [6.45, 7) is 1.74. The van der Waals surface area contributed by atoms with Crippen molar-refractivity contribution in [3.05, 3.63) is 0 Å². The Morgan fingerprint density at radius 1 is 1.16 bits per heavy atom. The van der Waals surface area contributed by atoms with Crippen LogP contribution in [0.1, 0.15) is 44.9 Å². The van der Waals surface area contributed by atoms with Crippen molar-refractivity contribution in [2.45, 2.75) is 44.9 Å². The van der Waals surface area contributed by atoms with Crippen LogP contribution >= 0.6 is 0 Å². The molecule has 0 bridgehead atoms. The van der Waals surface area contributed by atoms with Crippen molar-refractivity contribution >= 4 is 10.2 Å². The second-order valence-electron chi connectivity index (χ2n) is 6.01. The van der Waals surface area contributed by atoms with Crippen molar-refractivity contribution < 1.29 is 13.5 Å². The van der Waals surface area contributed by atoms with Crippen molar-refractivity contribution in [3.63, 3.8) is 0 Å². The molecule has 0 atom stereocenters. The fourth-order valence-electron chi connectivity index (χ4n) is 3.42. The predicted octanol–water partition coefficient (Wildman–Crippen LogP) is 1.20. The van der Waals surface area contributed by atoms with Gasteiger partial charge >= 0.3 is 0 Å². The lowest BCUT2D eigenvalue weighted by atomic mass is 9.78. The smallest absolute Gasteiger partial charge is 0.281 e. The molecule has 1 aliphatic heterocycles. The molecule has 1 N–H and O–H groups in total. The Labute approximate surface area is 116 Å². The van der Waals surface area contributed by atoms with E-state index in [0.717, 1.165) is 12.8 Å². The average Bonchev–Trinajstić information content (AvgIpc) is 2.84. The molecule has 5 nitrogen and oxygen atoms in total. The zero-order chi connectivity index (χ0) is 13.9. The maximum atomic E-state index is 12.4. The molecule has 6 heteroatoms. The van der Waals surface area contributed by atoms with Crippen LogP contribution in [0.5, 0.6) is 0 Å². The first kappa shape index (κ1) is 15.2. The molecule has 0 unspecified atom stereocenters. The molecule has 112 valence electrons. The highest BCUT2D eigenvalue weighted by Gasteiger charge is 2.40. The van der Waals surface area contributed by atoms with E-state index in [1.54, 1.807) is 11.4 Å². The van der Waals surface area contributed by atoms with Crippen LogP contribution in [0.2, 0.25) is 0 Å². The summed E-state index contributed by atoms with van der Waals surface area (Å²) in [7, 11) is -1.72. The molecule has 19 heavy (non-hydrogen) atoms. The van der Waals surface area contributed by atoms with E-state index >= 15 is 0 Å². The first-order valence-electron chi connectivity index (χ1n) is 7.32. The van der Waals surface area contributed by atoms with E-state index in [-0.39, 0.29) is 6.61 Å². The minimum Gasteiger partial charge on any atom is -0.396 e. The molecular formula is C13H26N2O3S. The molecule has 0 amide bonds. The minimum atomic E-state index is -3.32. The fraction of sp³-hybridized carbons (Fsp3) is 1.00. The Balaban J connectivity index is 1.92. The maximum Gasteiger partial charge on any atom is 0.281 e. The zero-order valence-corrected chi connectivity index (χ0v) is 12.7. The van der Waals surface area contributed by atoms with Crippen molar-refractivity contribution in [1.82, 2.24) is 8.61 Å². The molecular weight excluding hydrogens is 264 g/mol. The summed E-state index contributed by atoms with van der Waals surface area (Å²) >= 11 is 0. The minimum absolute atomic E-state index is 0.0307. The molecule has 1 saturated carbocycles. The van der Waals surface area contributed by atoms with Gasteiger partial charge in [0.2, 0.25) is 0 Å². The number of aliphatic hydroxyl groups is 1. The van der Waals surface area contributed by atoms with Gasteiger partial charge in [-0.25, -0.2) is 0 Å². The topological polar surface area (TPSA) is 60.9 Å². The van der Waals surface area contributed by atoms with Crippen LogP contribution in [0.15, 0.2) is 0 Å². The van der Waals surface area contributed by atoms with Crippen LogP contribution < -0.4 is 0 Å². The maximum absolute atomic E-state index is 12.4. The molecule has 0 radical (unpaired) electrons. The molecule has 2 fully saturated rings. The summed E-state index contributed by atoms with van der Waals surface area (Å²) in [5, 5.41) is 8.80.